The van der Waals surface area contributed by atoms with Crippen molar-refractivity contribution in [2.45, 2.75) is 33.2 Å². The molecule has 2 aromatic heterocycles. The summed E-state index contributed by atoms with van der Waals surface area (Å²) in [6.45, 7) is 4.59. The van der Waals surface area contributed by atoms with Crippen LogP contribution in [0.1, 0.15) is 41.4 Å². The third kappa shape index (κ3) is 5.32. The fourth-order valence-corrected chi connectivity index (χ4v) is 3.71. The van der Waals surface area contributed by atoms with Crippen LogP contribution in [0, 0.1) is 12.8 Å². The smallest absolute Gasteiger partial charge is 0.253 e. The predicted molar refractivity (Wildman–Crippen MR) is 126 cm³/mol. The minimum absolute atomic E-state index is 0.0125. The number of benzene rings is 1. The van der Waals surface area contributed by atoms with E-state index >= 15 is 0 Å². The lowest BCUT2D eigenvalue weighted by atomic mass is 10.1. The zero-order valence-corrected chi connectivity index (χ0v) is 18.9. The molecule has 0 radical (unpaired) electrons. The molecule has 2 heterocycles. The minimum atomic E-state index is -0.199. The van der Waals surface area contributed by atoms with Crippen molar-refractivity contribution in [2.24, 2.45) is 5.92 Å². The number of pyridine rings is 2. The number of aryl methyl sites for hydroxylation is 1. The van der Waals surface area contributed by atoms with E-state index in [0.29, 0.717) is 35.3 Å². The lowest BCUT2D eigenvalue weighted by molar-refractivity contribution is -0.116. The number of aromatic nitrogens is 2. The van der Waals surface area contributed by atoms with Crippen molar-refractivity contribution in [3.05, 3.63) is 76.7 Å². The number of nitrogens with zero attached hydrogens (tertiary/aromatic N) is 3. The number of amides is 2. The van der Waals surface area contributed by atoms with E-state index in [2.05, 4.69) is 15.3 Å². The van der Waals surface area contributed by atoms with E-state index in [1.807, 2.05) is 37.3 Å². The summed E-state index contributed by atoms with van der Waals surface area (Å²) in [5, 5.41) is 3.38. The summed E-state index contributed by atoms with van der Waals surface area (Å²) >= 11 is 6.52. The second-order valence-corrected chi connectivity index (χ2v) is 8.57. The minimum Gasteiger partial charge on any atom is -0.348 e. The Morgan fingerprint density at radius 3 is 2.50 bits per heavy atom. The zero-order valence-electron chi connectivity index (χ0n) is 18.1. The molecule has 2 amide bonds. The molecular formula is C25H25ClN4O2. The number of hydrogen-bond donors (Lipinski definition) is 1. The highest BCUT2D eigenvalue weighted by atomic mass is 35.5. The molecule has 1 aromatic carbocycles. The van der Waals surface area contributed by atoms with Gasteiger partial charge in [-0.3, -0.25) is 19.6 Å². The lowest BCUT2D eigenvalue weighted by Crippen LogP contribution is -2.30. The molecule has 0 spiro atoms. The van der Waals surface area contributed by atoms with Crippen molar-refractivity contribution in [3.63, 3.8) is 0 Å². The Morgan fingerprint density at radius 1 is 1.09 bits per heavy atom. The number of hydrogen-bond acceptors (Lipinski definition) is 4. The molecule has 0 atom stereocenters. The van der Waals surface area contributed by atoms with Crippen LogP contribution in [-0.4, -0.2) is 28.3 Å². The standard InChI is InChI=1S/C25H25ClN4O2/c1-16-3-4-19(12-27-16)13-29-25(32)21-7-9-23(28-14-21)20-8-10-24(22(26)11-20)30(17(2)31)15-18-5-6-18/h3-4,7-12,14,18H,5-6,13,15H2,1-2H3,(H,29,32). The SMILES string of the molecule is CC(=O)N(CC1CC1)c1ccc(-c2ccc(C(=O)NCc3ccc(C)nc3)cn2)cc1Cl. The van der Waals surface area contributed by atoms with Gasteiger partial charge < -0.3 is 10.2 Å². The van der Waals surface area contributed by atoms with Crippen molar-refractivity contribution >= 4 is 29.1 Å². The Bertz CT molecular complexity index is 1130. The summed E-state index contributed by atoms with van der Waals surface area (Å²) in [7, 11) is 0. The third-order valence-corrected chi connectivity index (χ3v) is 5.81. The van der Waals surface area contributed by atoms with Gasteiger partial charge in [0.15, 0.2) is 0 Å². The number of carbonyl (C=O) groups is 2. The molecule has 0 aliphatic heterocycles. The highest BCUT2D eigenvalue weighted by molar-refractivity contribution is 6.34. The number of carbonyl (C=O) groups excluding carboxylic acids is 2. The van der Waals surface area contributed by atoms with E-state index in [1.54, 1.807) is 36.4 Å². The van der Waals surface area contributed by atoms with E-state index in [-0.39, 0.29) is 11.8 Å². The average molecular weight is 449 g/mol. The molecule has 3 aromatic rings. The number of nitrogens with one attached hydrogen (secondary N) is 1. The molecule has 7 heteroatoms. The monoisotopic (exact) mass is 448 g/mol. The second-order valence-electron chi connectivity index (χ2n) is 8.16. The maximum Gasteiger partial charge on any atom is 0.253 e. The van der Waals surface area contributed by atoms with Gasteiger partial charge in [-0.15, -0.1) is 0 Å². The van der Waals surface area contributed by atoms with Gasteiger partial charge in [0.25, 0.3) is 5.91 Å². The van der Waals surface area contributed by atoms with Gasteiger partial charge in [-0.05, 0) is 61.6 Å². The Morgan fingerprint density at radius 2 is 1.91 bits per heavy atom. The number of halogens is 1. The van der Waals surface area contributed by atoms with Crippen LogP contribution in [0.4, 0.5) is 5.69 Å². The van der Waals surface area contributed by atoms with E-state index in [9.17, 15) is 9.59 Å². The zero-order chi connectivity index (χ0) is 22.7. The maximum absolute atomic E-state index is 12.4. The highest BCUT2D eigenvalue weighted by Crippen LogP contribution is 2.35. The fraction of sp³-hybridized carbons (Fsp3) is 0.280. The van der Waals surface area contributed by atoms with Gasteiger partial charge in [-0.2, -0.15) is 0 Å². The topological polar surface area (TPSA) is 75.2 Å². The molecule has 1 saturated carbocycles. The van der Waals surface area contributed by atoms with Crippen molar-refractivity contribution in [1.82, 2.24) is 15.3 Å². The average Bonchev–Trinajstić information content (AvgIpc) is 3.61. The Hall–Kier alpha value is -3.25. The van der Waals surface area contributed by atoms with Gasteiger partial charge in [0.05, 0.1) is 22.0 Å². The van der Waals surface area contributed by atoms with Crippen LogP contribution in [0.5, 0.6) is 0 Å². The molecule has 164 valence electrons. The third-order valence-electron chi connectivity index (χ3n) is 5.50. The van der Waals surface area contributed by atoms with Crippen LogP contribution in [0.3, 0.4) is 0 Å². The summed E-state index contributed by atoms with van der Waals surface area (Å²) in [6, 6.07) is 13.0. The first-order chi connectivity index (χ1) is 15.4. The molecule has 0 bridgehead atoms. The molecule has 4 rings (SSSR count). The van der Waals surface area contributed by atoms with Crippen LogP contribution in [0.2, 0.25) is 5.02 Å². The fourth-order valence-electron chi connectivity index (χ4n) is 3.43. The second kappa shape index (κ2) is 9.49. The first-order valence-corrected chi connectivity index (χ1v) is 11.0. The normalized spacial score (nSPS) is 13.0. The predicted octanol–water partition coefficient (Wildman–Crippen LogP) is 4.80. The molecule has 1 aliphatic rings. The molecule has 1 fully saturated rings. The number of anilines is 1. The van der Waals surface area contributed by atoms with Crippen molar-refractivity contribution in [1.29, 1.82) is 0 Å². The molecule has 6 nitrogen and oxygen atoms in total. The molecule has 0 saturated heterocycles. The van der Waals surface area contributed by atoms with Crippen molar-refractivity contribution < 1.29 is 9.59 Å². The number of rotatable bonds is 7. The van der Waals surface area contributed by atoms with Crippen LogP contribution < -0.4 is 10.2 Å². The quantitative estimate of drug-likeness (QED) is 0.563. The maximum atomic E-state index is 12.4. The van der Waals surface area contributed by atoms with Crippen molar-refractivity contribution in [2.75, 3.05) is 11.4 Å². The Balaban J connectivity index is 1.43. The Labute approximate surface area is 192 Å². The van der Waals surface area contributed by atoms with Crippen molar-refractivity contribution in [3.8, 4) is 11.3 Å². The molecule has 1 N–H and O–H groups in total. The molecular weight excluding hydrogens is 424 g/mol. The van der Waals surface area contributed by atoms with E-state index in [4.69, 9.17) is 11.6 Å². The van der Waals surface area contributed by atoms with Gasteiger partial charge >= 0.3 is 0 Å². The van der Waals surface area contributed by atoms with Gasteiger partial charge in [-0.1, -0.05) is 23.7 Å². The first-order valence-electron chi connectivity index (χ1n) is 10.6. The summed E-state index contributed by atoms with van der Waals surface area (Å²) in [5.74, 6) is 0.355. The Kier molecular flexibility index (Phi) is 6.51. The summed E-state index contributed by atoms with van der Waals surface area (Å²) in [4.78, 5) is 34.9. The highest BCUT2D eigenvalue weighted by Gasteiger charge is 2.27. The van der Waals surface area contributed by atoms with E-state index in [0.717, 1.165) is 35.3 Å². The van der Waals surface area contributed by atoms with Crippen LogP contribution in [0.15, 0.2) is 54.9 Å². The molecule has 32 heavy (non-hydrogen) atoms. The van der Waals surface area contributed by atoms with Gasteiger partial charge in [-0.25, -0.2) is 0 Å². The van der Waals surface area contributed by atoms with E-state index < -0.39 is 0 Å². The molecule has 0 unspecified atom stereocenters. The van der Waals surface area contributed by atoms with Gasteiger partial charge in [0.2, 0.25) is 5.91 Å². The summed E-state index contributed by atoms with van der Waals surface area (Å²) in [6.07, 6.45) is 5.62. The van der Waals surface area contributed by atoms with Crippen LogP contribution in [0.25, 0.3) is 11.3 Å². The largest absolute Gasteiger partial charge is 0.348 e. The van der Waals surface area contributed by atoms with Crippen LogP contribution >= 0.6 is 11.6 Å². The summed E-state index contributed by atoms with van der Waals surface area (Å²) < 4.78 is 0. The van der Waals surface area contributed by atoms with Gasteiger partial charge in [0, 0.05) is 43.7 Å². The van der Waals surface area contributed by atoms with E-state index in [1.165, 1.54) is 0 Å². The van der Waals surface area contributed by atoms with Gasteiger partial charge in [0.1, 0.15) is 0 Å². The molecule has 1 aliphatic carbocycles. The lowest BCUT2D eigenvalue weighted by Gasteiger charge is -2.22. The van der Waals surface area contributed by atoms with Crippen LogP contribution in [-0.2, 0) is 11.3 Å². The first kappa shape index (κ1) is 22.0. The summed E-state index contributed by atoms with van der Waals surface area (Å²) in [5.41, 5.74) is 4.59.